The highest BCUT2D eigenvalue weighted by atomic mass is 35.5. The first-order chi connectivity index (χ1) is 8.22. The maximum absolute atomic E-state index is 13.9. The molecule has 94 valence electrons. The number of rotatable bonds is 3. The lowest BCUT2D eigenvalue weighted by molar-refractivity contribution is 0.0254. The molecule has 1 N–H and O–H groups in total. The van der Waals surface area contributed by atoms with Crippen molar-refractivity contribution in [3.05, 3.63) is 34.1 Å². The second-order valence-electron chi connectivity index (χ2n) is 3.98. The molecular weight excluding hydrogens is 245 g/mol. The van der Waals surface area contributed by atoms with Gasteiger partial charge < -0.3 is 14.8 Å². The van der Waals surface area contributed by atoms with E-state index in [-0.39, 0.29) is 11.1 Å². The molecule has 1 saturated heterocycles. The molecule has 3 nitrogen and oxygen atoms in total. The molecule has 1 aromatic rings. The quantitative estimate of drug-likeness (QED) is 0.904. The van der Waals surface area contributed by atoms with Crippen molar-refractivity contribution in [3.63, 3.8) is 0 Å². The molecule has 0 aromatic heterocycles. The molecule has 1 aliphatic rings. The van der Waals surface area contributed by atoms with Crippen LogP contribution in [0, 0.1) is 5.82 Å². The van der Waals surface area contributed by atoms with Crippen LogP contribution in [-0.2, 0) is 16.1 Å². The standard InChI is InChI=1S/C12H15ClFNO2/c1-16-7-8-4-9(12(14)10(13)5-8)11-6-15-2-3-17-11/h4-5,11,15H,2-3,6-7H2,1H3. The van der Waals surface area contributed by atoms with E-state index < -0.39 is 5.82 Å². The van der Waals surface area contributed by atoms with Crippen molar-refractivity contribution in [1.29, 1.82) is 0 Å². The molecule has 0 radical (unpaired) electrons. The van der Waals surface area contributed by atoms with Gasteiger partial charge >= 0.3 is 0 Å². The molecule has 5 heteroatoms. The van der Waals surface area contributed by atoms with Crippen molar-refractivity contribution in [2.75, 3.05) is 26.8 Å². The van der Waals surface area contributed by atoms with Crippen LogP contribution in [0.4, 0.5) is 4.39 Å². The van der Waals surface area contributed by atoms with Gasteiger partial charge in [-0.15, -0.1) is 0 Å². The first kappa shape index (κ1) is 12.8. The van der Waals surface area contributed by atoms with Crippen molar-refractivity contribution < 1.29 is 13.9 Å². The fraction of sp³-hybridized carbons (Fsp3) is 0.500. The van der Waals surface area contributed by atoms with Gasteiger partial charge in [0.25, 0.3) is 0 Å². The van der Waals surface area contributed by atoms with Crippen LogP contribution in [0.5, 0.6) is 0 Å². The number of morpholine rings is 1. The van der Waals surface area contributed by atoms with Gasteiger partial charge in [-0.05, 0) is 17.7 Å². The van der Waals surface area contributed by atoms with Gasteiger partial charge in [0.05, 0.1) is 24.3 Å². The predicted molar refractivity (Wildman–Crippen MR) is 63.7 cm³/mol. The Labute approximate surface area is 105 Å². The van der Waals surface area contributed by atoms with Crippen LogP contribution in [0.15, 0.2) is 12.1 Å². The molecule has 1 fully saturated rings. The van der Waals surface area contributed by atoms with E-state index in [1.807, 2.05) is 0 Å². The number of ether oxygens (including phenoxy) is 2. The Balaban J connectivity index is 2.29. The van der Waals surface area contributed by atoms with Crippen LogP contribution < -0.4 is 5.32 Å². The smallest absolute Gasteiger partial charge is 0.147 e. The predicted octanol–water partition coefficient (Wildman–Crippen LogP) is 2.29. The minimum Gasteiger partial charge on any atom is -0.380 e. The summed E-state index contributed by atoms with van der Waals surface area (Å²) in [4.78, 5) is 0. The molecule has 0 aliphatic carbocycles. The number of methoxy groups -OCH3 is 1. The Morgan fingerprint density at radius 3 is 3.06 bits per heavy atom. The fourth-order valence-corrected chi connectivity index (χ4v) is 2.17. The van der Waals surface area contributed by atoms with E-state index in [0.29, 0.717) is 25.3 Å². The third kappa shape index (κ3) is 2.96. The maximum Gasteiger partial charge on any atom is 0.147 e. The van der Waals surface area contributed by atoms with Crippen molar-refractivity contribution >= 4 is 11.6 Å². The second kappa shape index (κ2) is 5.78. The molecule has 1 unspecified atom stereocenters. The number of halogens is 2. The topological polar surface area (TPSA) is 30.5 Å². The first-order valence-corrected chi connectivity index (χ1v) is 5.89. The molecule has 0 spiro atoms. The van der Waals surface area contributed by atoms with E-state index in [4.69, 9.17) is 21.1 Å². The molecule has 0 saturated carbocycles. The van der Waals surface area contributed by atoms with Crippen LogP contribution in [0.1, 0.15) is 17.2 Å². The third-order valence-electron chi connectivity index (χ3n) is 2.70. The van der Waals surface area contributed by atoms with E-state index in [2.05, 4.69) is 5.32 Å². The zero-order valence-electron chi connectivity index (χ0n) is 9.63. The second-order valence-corrected chi connectivity index (χ2v) is 4.38. The lowest BCUT2D eigenvalue weighted by Gasteiger charge is -2.25. The number of hydrogen-bond donors (Lipinski definition) is 1. The number of hydrogen-bond acceptors (Lipinski definition) is 3. The van der Waals surface area contributed by atoms with Gasteiger partial charge in [0.15, 0.2) is 0 Å². The third-order valence-corrected chi connectivity index (χ3v) is 2.98. The summed E-state index contributed by atoms with van der Waals surface area (Å²) < 4.78 is 24.5. The summed E-state index contributed by atoms with van der Waals surface area (Å²) in [5.74, 6) is -0.403. The Hall–Kier alpha value is -0.680. The number of nitrogens with one attached hydrogen (secondary N) is 1. The average Bonchev–Trinajstić information content (AvgIpc) is 2.35. The lowest BCUT2D eigenvalue weighted by Crippen LogP contribution is -2.33. The highest BCUT2D eigenvalue weighted by Gasteiger charge is 2.21. The van der Waals surface area contributed by atoms with E-state index in [1.165, 1.54) is 0 Å². The van der Waals surface area contributed by atoms with Crippen LogP contribution in [0.3, 0.4) is 0 Å². The Bertz CT molecular complexity index is 394. The van der Waals surface area contributed by atoms with E-state index >= 15 is 0 Å². The van der Waals surface area contributed by atoms with Gasteiger partial charge in [-0.25, -0.2) is 4.39 Å². The molecule has 1 heterocycles. The SMILES string of the molecule is COCc1cc(Cl)c(F)c(C2CNCCO2)c1. The van der Waals surface area contributed by atoms with Gasteiger partial charge in [0, 0.05) is 25.8 Å². The van der Waals surface area contributed by atoms with Crippen molar-refractivity contribution in [2.24, 2.45) is 0 Å². The van der Waals surface area contributed by atoms with Crippen LogP contribution >= 0.6 is 11.6 Å². The summed E-state index contributed by atoms with van der Waals surface area (Å²) in [6.07, 6.45) is -0.280. The molecule has 0 amide bonds. The summed E-state index contributed by atoms with van der Waals surface area (Å²) >= 11 is 5.87. The van der Waals surface area contributed by atoms with Crippen molar-refractivity contribution in [2.45, 2.75) is 12.7 Å². The Morgan fingerprint density at radius 2 is 2.41 bits per heavy atom. The molecule has 0 bridgehead atoms. The average molecular weight is 260 g/mol. The van der Waals surface area contributed by atoms with Crippen LogP contribution in [-0.4, -0.2) is 26.8 Å². The highest BCUT2D eigenvalue weighted by molar-refractivity contribution is 6.30. The van der Waals surface area contributed by atoms with Crippen LogP contribution in [0.25, 0.3) is 0 Å². The minimum absolute atomic E-state index is 0.115. The summed E-state index contributed by atoms with van der Waals surface area (Å²) in [6.45, 7) is 2.39. The highest BCUT2D eigenvalue weighted by Crippen LogP contribution is 2.28. The largest absolute Gasteiger partial charge is 0.380 e. The van der Waals surface area contributed by atoms with Gasteiger partial charge in [0.1, 0.15) is 5.82 Å². The Kier molecular flexibility index (Phi) is 4.34. The summed E-state index contributed by atoms with van der Waals surface area (Å²) in [6, 6.07) is 3.34. The molecular formula is C12H15ClFNO2. The molecule has 1 aromatic carbocycles. The fourth-order valence-electron chi connectivity index (χ4n) is 1.92. The van der Waals surface area contributed by atoms with E-state index in [1.54, 1.807) is 19.2 Å². The number of benzene rings is 1. The minimum atomic E-state index is -0.403. The monoisotopic (exact) mass is 259 g/mol. The van der Waals surface area contributed by atoms with Gasteiger partial charge in [-0.2, -0.15) is 0 Å². The molecule has 1 atom stereocenters. The van der Waals surface area contributed by atoms with E-state index in [0.717, 1.165) is 12.1 Å². The summed E-state index contributed by atoms with van der Waals surface area (Å²) in [5, 5.41) is 3.28. The molecule has 17 heavy (non-hydrogen) atoms. The lowest BCUT2D eigenvalue weighted by atomic mass is 10.0. The zero-order chi connectivity index (χ0) is 12.3. The maximum atomic E-state index is 13.9. The molecule has 2 rings (SSSR count). The van der Waals surface area contributed by atoms with Crippen molar-refractivity contribution in [1.82, 2.24) is 5.32 Å². The zero-order valence-corrected chi connectivity index (χ0v) is 10.4. The van der Waals surface area contributed by atoms with Crippen LogP contribution in [0.2, 0.25) is 5.02 Å². The Morgan fingerprint density at radius 1 is 1.59 bits per heavy atom. The first-order valence-electron chi connectivity index (χ1n) is 5.51. The van der Waals surface area contributed by atoms with Gasteiger partial charge in [0.2, 0.25) is 0 Å². The molecule has 1 aliphatic heterocycles. The van der Waals surface area contributed by atoms with E-state index in [9.17, 15) is 4.39 Å². The normalized spacial score (nSPS) is 20.5. The summed E-state index contributed by atoms with van der Waals surface area (Å²) in [5.41, 5.74) is 1.35. The van der Waals surface area contributed by atoms with Gasteiger partial charge in [-0.1, -0.05) is 11.6 Å². The van der Waals surface area contributed by atoms with Crippen molar-refractivity contribution in [3.8, 4) is 0 Å². The van der Waals surface area contributed by atoms with Gasteiger partial charge in [-0.3, -0.25) is 0 Å². The summed E-state index contributed by atoms with van der Waals surface area (Å²) in [7, 11) is 1.59.